The fourth-order valence-electron chi connectivity index (χ4n) is 3.95. The summed E-state index contributed by atoms with van der Waals surface area (Å²) in [4.78, 5) is 8.93. The quantitative estimate of drug-likeness (QED) is 0.806. The number of hydrogen-bond acceptors (Lipinski definition) is 5. The third-order valence-corrected chi connectivity index (χ3v) is 6.25. The van der Waals surface area contributed by atoms with Gasteiger partial charge < -0.3 is 9.84 Å². The highest BCUT2D eigenvalue weighted by molar-refractivity contribution is 9.10. The summed E-state index contributed by atoms with van der Waals surface area (Å²) in [6, 6.07) is 0. The Labute approximate surface area is 142 Å². The molecule has 1 aliphatic heterocycles. The predicted octanol–water partition coefficient (Wildman–Crippen LogP) is 3.99. The van der Waals surface area contributed by atoms with Crippen LogP contribution < -0.4 is 5.32 Å². The largest absolute Gasteiger partial charge is 0.369 e. The molecule has 1 spiro atoms. The van der Waals surface area contributed by atoms with E-state index in [1.165, 1.54) is 0 Å². The second kappa shape index (κ2) is 4.68. The van der Waals surface area contributed by atoms with Gasteiger partial charge in [-0.25, -0.2) is 4.98 Å². The van der Waals surface area contributed by atoms with Crippen molar-refractivity contribution in [2.45, 2.75) is 43.9 Å². The van der Waals surface area contributed by atoms with Crippen molar-refractivity contribution in [2.75, 3.05) is 11.9 Å². The van der Waals surface area contributed by atoms with E-state index in [1.807, 2.05) is 6.92 Å². The molecule has 1 aliphatic carbocycles. The van der Waals surface area contributed by atoms with Gasteiger partial charge in [0.1, 0.15) is 5.82 Å². The first-order chi connectivity index (χ1) is 10.4. The van der Waals surface area contributed by atoms with Crippen LogP contribution in [-0.2, 0) is 10.8 Å². The van der Waals surface area contributed by atoms with E-state index in [2.05, 4.69) is 43.3 Å². The van der Waals surface area contributed by atoms with Crippen molar-refractivity contribution in [3.8, 4) is 0 Å². The molecule has 0 amide bonds. The van der Waals surface area contributed by atoms with Gasteiger partial charge in [0, 0.05) is 29.1 Å². The fourth-order valence-corrected chi connectivity index (χ4v) is 4.59. The van der Waals surface area contributed by atoms with Crippen molar-refractivity contribution >= 4 is 33.3 Å². The van der Waals surface area contributed by atoms with Crippen LogP contribution in [0.5, 0.6) is 0 Å². The van der Waals surface area contributed by atoms with Gasteiger partial charge in [-0.3, -0.25) is 0 Å². The molecule has 1 fully saturated rings. The number of rotatable bonds is 1. The van der Waals surface area contributed by atoms with Crippen molar-refractivity contribution in [3.05, 3.63) is 33.0 Å². The second-order valence-corrected chi connectivity index (χ2v) is 7.89. The first kappa shape index (κ1) is 14.5. The zero-order valence-corrected chi connectivity index (χ0v) is 14.8. The molecule has 2 aromatic heterocycles. The average Bonchev–Trinajstić information content (AvgIpc) is 3.15. The van der Waals surface area contributed by atoms with Crippen molar-refractivity contribution in [1.82, 2.24) is 15.1 Å². The molecule has 5 nitrogen and oxygen atoms in total. The summed E-state index contributed by atoms with van der Waals surface area (Å²) >= 11 is 10.1. The van der Waals surface area contributed by atoms with Gasteiger partial charge in [-0.05, 0) is 42.1 Å². The minimum atomic E-state index is -0.115. The summed E-state index contributed by atoms with van der Waals surface area (Å²) in [5, 5.41) is 8.13. The summed E-state index contributed by atoms with van der Waals surface area (Å²) < 4.78 is 6.30. The topological polar surface area (TPSA) is 63.8 Å². The highest BCUT2D eigenvalue weighted by Crippen LogP contribution is 2.57. The van der Waals surface area contributed by atoms with Crippen molar-refractivity contribution in [1.29, 1.82) is 0 Å². The second-order valence-electron chi connectivity index (χ2n) is 6.66. The zero-order valence-electron chi connectivity index (χ0n) is 12.4. The molecule has 2 aliphatic rings. The summed E-state index contributed by atoms with van der Waals surface area (Å²) in [7, 11) is 0. The van der Waals surface area contributed by atoms with Gasteiger partial charge in [0.25, 0.3) is 0 Å². The number of nitrogens with one attached hydrogen (secondary N) is 1. The standard InChI is InChI=1S/C15H16BrClN4O/c1-8-20-13(22-21-8)14(2)3-4-15(6-14)7-19-12-10(15)11(17)9(16)5-18-12/h5H,3-4,6-7H2,1-2H3,(H,18,19)/t14-,15-/m0/s1. The maximum Gasteiger partial charge on any atom is 0.232 e. The van der Waals surface area contributed by atoms with Crippen molar-refractivity contribution < 1.29 is 4.52 Å². The van der Waals surface area contributed by atoms with Crippen LogP contribution >= 0.6 is 27.5 Å². The Bertz CT molecular complexity index is 764. The number of fused-ring (bicyclic) bond motifs is 2. The number of aromatic nitrogens is 3. The average molecular weight is 384 g/mol. The molecule has 22 heavy (non-hydrogen) atoms. The lowest BCUT2D eigenvalue weighted by Gasteiger charge is -2.27. The molecule has 0 bridgehead atoms. The molecule has 4 rings (SSSR count). The van der Waals surface area contributed by atoms with Gasteiger partial charge >= 0.3 is 0 Å². The summed E-state index contributed by atoms with van der Waals surface area (Å²) in [6.45, 7) is 4.91. The number of nitrogens with zero attached hydrogens (tertiary/aromatic N) is 3. The van der Waals surface area contributed by atoms with E-state index in [0.717, 1.165) is 52.6 Å². The lowest BCUT2D eigenvalue weighted by molar-refractivity contribution is 0.285. The first-order valence-corrected chi connectivity index (χ1v) is 8.50. The Morgan fingerprint density at radius 2 is 2.23 bits per heavy atom. The van der Waals surface area contributed by atoms with Crippen LogP contribution in [-0.4, -0.2) is 21.7 Å². The zero-order chi connectivity index (χ0) is 15.5. The third-order valence-electron chi connectivity index (χ3n) is 5.03. The van der Waals surface area contributed by atoms with Crippen LogP contribution in [0.3, 0.4) is 0 Å². The van der Waals surface area contributed by atoms with Crippen LogP contribution in [0, 0.1) is 6.92 Å². The minimum absolute atomic E-state index is 0.0136. The van der Waals surface area contributed by atoms with Crippen molar-refractivity contribution in [3.63, 3.8) is 0 Å². The molecule has 0 unspecified atom stereocenters. The Balaban J connectivity index is 1.77. The normalized spacial score (nSPS) is 29.8. The molecule has 7 heteroatoms. The highest BCUT2D eigenvalue weighted by atomic mass is 79.9. The third kappa shape index (κ3) is 1.93. The molecule has 1 saturated carbocycles. The number of aryl methyl sites for hydroxylation is 1. The smallest absolute Gasteiger partial charge is 0.232 e. The van der Waals surface area contributed by atoms with E-state index in [-0.39, 0.29) is 10.8 Å². The number of halogens is 2. The van der Waals surface area contributed by atoms with E-state index >= 15 is 0 Å². The number of hydrogen-bond donors (Lipinski definition) is 1. The highest BCUT2D eigenvalue weighted by Gasteiger charge is 2.54. The fraction of sp³-hybridized carbons (Fsp3) is 0.533. The molecule has 2 aromatic rings. The Morgan fingerprint density at radius 3 is 2.95 bits per heavy atom. The van der Waals surface area contributed by atoms with Gasteiger partial charge in [-0.2, -0.15) is 4.98 Å². The molecular formula is C15H16BrClN4O. The predicted molar refractivity (Wildman–Crippen MR) is 87.4 cm³/mol. The van der Waals surface area contributed by atoms with Gasteiger partial charge in [0.2, 0.25) is 5.89 Å². The maximum atomic E-state index is 6.57. The molecule has 3 heterocycles. The van der Waals surface area contributed by atoms with E-state index < -0.39 is 0 Å². The lowest BCUT2D eigenvalue weighted by Crippen LogP contribution is -2.29. The Kier molecular flexibility index (Phi) is 3.07. The van der Waals surface area contributed by atoms with Gasteiger partial charge in [-0.15, -0.1) is 0 Å². The molecule has 1 N–H and O–H groups in total. The molecule has 2 atom stereocenters. The number of pyridine rings is 1. The molecule has 0 radical (unpaired) electrons. The van der Waals surface area contributed by atoms with E-state index in [1.54, 1.807) is 6.20 Å². The van der Waals surface area contributed by atoms with E-state index in [4.69, 9.17) is 16.1 Å². The first-order valence-electron chi connectivity index (χ1n) is 7.33. The maximum absolute atomic E-state index is 6.57. The van der Waals surface area contributed by atoms with Crippen molar-refractivity contribution in [2.24, 2.45) is 0 Å². The Morgan fingerprint density at radius 1 is 1.41 bits per heavy atom. The van der Waals surface area contributed by atoms with Gasteiger partial charge in [-0.1, -0.05) is 23.7 Å². The SMILES string of the molecule is Cc1noc([C@@]2(C)CC[C@@]3(CNc4ncc(Br)c(Cl)c43)C2)n1. The van der Waals surface area contributed by atoms with E-state index in [0.29, 0.717) is 5.82 Å². The summed E-state index contributed by atoms with van der Waals surface area (Å²) in [5.41, 5.74) is 1.000. The monoisotopic (exact) mass is 382 g/mol. The number of anilines is 1. The molecule has 0 aromatic carbocycles. The van der Waals surface area contributed by atoms with Gasteiger partial charge in [0.05, 0.1) is 9.50 Å². The summed E-state index contributed by atoms with van der Waals surface area (Å²) in [5.74, 6) is 2.32. The van der Waals surface area contributed by atoms with Gasteiger partial charge in [0.15, 0.2) is 5.82 Å². The Hall–Kier alpha value is -1.14. The molecule has 0 saturated heterocycles. The summed E-state index contributed by atoms with van der Waals surface area (Å²) in [6.07, 6.45) is 4.71. The minimum Gasteiger partial charge on any atom is -0.369 e. The van der Waals surface area contributed by atoms with Crippen LogP contribution in [0.1, 0.15) is 43.5 Å². The van der Waals surface area contributed by atoms with Crippen LogP contribution in [0.25, 0.3) is 0 Å². The lowest BCUT2D eigenvalue weighted by atomic mass is 9.77. The van der Waals surface area contributed by atoms with Crippen LogP contribution in [0.2, 0.25) is 5.02 Å². The van der Waals surface area contributed by atoms with Crippen LogP contribution in [0.4, 0.5) is 5.82 Å². The van der Waals surface area contributed by atoms with Crippen LogP contribution in [0.15, 0.2) is 15.2 Å². The molecular weight excluding hydrogens is 368 g/mol. The van der Waals surface area contributed by atoms with E-state index in [9.17, 15) is 0 Å². The molecule has 116 valence electrons.